The summed E-state index contributed by atoms with van der Waals surface area (Å²) in [6, 6.07) is -0.231. The summed E-state index contributed by atoms with van der Waals surface area (Å²) in [5.74, 6) is 0.606. The summed E-state index contributed by atoms with van der Waals surface area (Å²) in [6.45, 7) is 1.28. The lowest BCUT2D eigenvalue weighted by atomic mass is 9.89. The first-order chi connectivity index (χ1) is 9.68. The van der Waals surface area contributed by atoms with Crippen LogP contribution in [0.3, 0.4) is 0 Å². The Morgan fingerprint density at radius 2 is 2.00 bits per heavy atom. The number of methoxy groups -OCH3 is 1. The van der Waals surface area contributed by atoms with Gasteiger partial charge in [-0.15, -0.1) is 0 Å². The van der Waals surface area contributed by atoms with Gasteiger partial charge in [0.1, 0.15) is 11.6 Å². The Morgan fingerprint density at radius 3 is 2.60 bits per heavy atom. The summed E-state index contributed by atoms with van der Waals surface area (Å²) in [7, 11) is 1.67. The molecule has 112 valence electrons. The van der Waals surface area contributed by atoms with Gasteiger partial charge in [0.05, 0.1) is 0 Å². The minimum atomic E-state index is -0.588. The molecule has 1 unspecified atom stereocenters. The maximum atomic E-state index is 12.9. The third-order valence-electron chi connectivity index (χ3n) is 4.91. The van der Waals surface area contributed by atoms with Gasteiger partial charge >= 0.3 is 0 Å². The Labute approximate surface area is 120 Å². The lowest BCUT2D eigenvalue weighted by molar-refractivity contribution is -0.156. The highest BCUT2D eigenvalue weighted by Gasteiger charge is 2.55. The van der Waals surface area contributed by atoms with E-state index in [1.54, 1.807) is 7.11 Å². The van der Waals surface area contributed by atoms with Crippen LogP contribution in [0.4, 0.5) is 0 Å². The lowest BCUT2D eigenvalue weighted by Crippen LogP contribution is -2.70. The fourth-order valence-corrected chi connectivity index (χ4v) is 3.72. The molecule has 1 heterocycles. The second-order valence-electron chi connectivity index (χ2n) is 6.41. The summed E-state index contributed by atoms with van der Waals surface area (Å²) in [5, 5.41) is 3.07. The standard InChI is InChI=1S/C15H24N2O3/c1-20-10-4-9-17-12(11-5-6-11)13(18)16-15(14(17)19)7-2-3-8-15/h11-12H,2-10H2,1H3,(H,16,18). The van der Waals surface area contributed by atoms with Gasteiger partial charge in [-0.25, -0.2) is 0 Å². The third kappa shape index (κ3) is 2.32. The summed E-state index contributed by atoms with van der Waals surface area (Å²) >= 11 is 0. The highest BCUT2D eigenvalue weighted by atomic mass is 16.5. The van der Waals surface area contributed by atoms with Gasteiger partial charge in [0, 0.05) is 20.3 Å². The van der Waals surface area contributed by atoms with Crippen molar-refractivity contribution in [1.29, 1.82) is 0 Å². The zero-order valence-electron chi connectivity index (χ0n) is 12.2. The molecule has 5 heteroatoms. The number of nitrogens with zero attached hydrogens (tertiary/aromatic N) is 1. The van der Waals surface area contributed by atoms with E-state index in [-0.39, 0.29) is 17.9 Å². The lowest BCUT2D eigenvalue weighted by Gasteiger charge is -2.44. The molecule has 1 atom stereocenters. The fraction of sp³-hybridized carbons (Fsp3) is 0.867. The van der Waals surface area contributed by atoms with E-state index in [2.05, 4.69) is 5.32 Å². The highest BCUT2D eigenvalue weighted by molar-refractivity contribution is 6.00. The highest BCUT2D eigenvalue weighted by Crippen LogP contribution is 2.41. The van der Waals surface area contributed by atoms with Crippen LogP contribution in [-0.4, -0.2) is 48.6 Å². The molecular formula is C15H24N2O3. The van der Waals surface area contributed by atoms with Crippen LogP contribution in [0, 0.1) is 5.92 Å². The van der Waals surface area contributed by atoms with E-state index in [4.69, 9.17) is 4.74 Å². The largest absolute Gasteiger partial charge is 0.385 e. The van der Waals surface area contributed by atoms with Crippen molar-refractivity contribution >= 4 is 11.8 Å². The van der Waals surface area contributed by atoms with Gasteiger partial charge in [0.2, 0.25) is 11.8 Å². The molecule has 1 saturated heterocycles. The summed E-state index contributed by atoms with van der Waals surface area (Å²) in [6.07, 6.45) is 6.61. The molecule has 2 saturated carbocycles. The van der Waals surface area contributed by atoms with E-state index in [1.165, 1.54) is 0 Å². The average molecular weight is 280 g/mol. The molecule has 0 aromatic heterocycles. The van der Waals surface area contributed by atoms with Gasteiger partial charge < -0.3 is 15.0 Å². The molecule has 20 heavy (non-hydrogen) atoms. The quantitative estimate of drug-likeness (QED) is 0.766. The van der Waals surface area contributed by atoms with Crippen molar-refractivity contribution in [2.24, 2.45) is 5.92 Å². The van der Waals surface area contributed by atoms with E-state index in [9.17, 15) is 9.59 Å². The number of rotatable bonds is 5. The molecule has 0 radical (unpaired) electrons. The van der Waals surface area contributed by atoms with E-state index >= 15 is 0 Å². The van der Waals surface area contributed by atoms with Crippen LogP contribution >= 0.6 is 0 Å². The van der Waals surface area contributed by atoms with Gasteiger partial charge in [-0.1, -0.05) is 12.8 Å². The van der Waals surface area contributed by atoms with Crippen LogP contribution in [0.5, 0.6) is 0 Å². The molecule has 0 aromatic carbocycles. The monoisotopic (exact) mass is 280 g/mol. The van der Waals surface area contributed by atoms with Gasteiger partial charge in [-0.05, 0) is 38.0 Å². The van der Waals surface area contributed by atoms with Gasteiger partial charge in [0.15, 0.2) is 0 Å². The smallest absolute Gasteiger partial charge is 0.249 e. The van der Waals surface area contributed by atoms with Crippen molar-refractivity contribution in [3.05, 3.63) is 0 Å². The molecule has 3 aliphatic rings. The molecule has 3 fully saturated rings. The predicted octanol–water partition coefficient (Wildman–Crippen LogP) is 1.07. The van der Waals surface area contributed by atoms with Crippen LogP contribution in [0.25, 0.3) is 0 Å². The van der Waals surface area contributed by atoms with Crippen molar-refractivity contribution in [1.82, 2.24) is 10.2 Å². The molecule has 0 bridgehead atoms. The summed E-state index contributed by atoms with van der Waals surface area (Å²) in [4.78, 5) is 27.3. The van der Waals surface area contributed by atoms with Gasteiger partial charge in [0.25, 0.3) is 0 Å². The van der Waals surface area contributed by atoms with Gasteiger partial charge in [-0.2, -0.15) is 0 Å². The first-order valence-electron chi connectivity index (χ1n) is 7.80. The predicted molar refractivity (Wildman–Crippen MR) is 74.1 cm³/mol. The molecule has 2 aliphatic carbocycles. The molecule has 1 spiro atoms. The Morgan fingerprint density at radius 1 is 1.30 bits per heavy atom. The average Bonchev–Trinajstić information content (AvgIpc) is 3.15. The van der Waals surface area contributed by atoms with Crippen LogP contribution < -0.4 is 5.32 Å². The van der Waals surface area contributed by atoms with Gasteiger partial charge in [-0.3, -0.25) is 9.59 Å². The maximum Gasteiger partial charge on any atom is 0.249 e. The van der Waals surface area contributed by atoms with Crippen LogP contribution in [0.2, 0.25) is 0 Å². The summed E-state index contributed by atoms with van der Waals surface area (Å²) in [5.41, 5.74) is -0.588. The number of carbonyl (C=O) groups excluding carboxylic acids is 2. The van der Waals surface area contributed by atoms with Crippen molar-refractivity contribution in [3.63, 3.8) is 0 Å². The third-order valence-corrected chi connectivity index (χ3v) is 4.91. The number of ether oxygens (including phenoxy) is 1. The van der Waals surface area contributed by atoms with Crippen molar-refractivity contribution in [3.8, 4) is 0 Å². The van der Waals surface area contributed by atoms with E-state index in [0.29, 0.717) is 19.1 Å². The van der Waals surface area contributed by atoms with E-state index in [0.717, 1.165) is 44.9 Å². The number of carbonyl (C=O) groups is 2. The van der Waals surface area contributed by atoms with Crippen molar-refractivity contribution in [2.75, 3.05) is 20.3 Å². The first-order valence-corrected chi connectivity index (χ1v) is 7.80. The molecule has 0 aromatic rings. The van der Waals surface area contributed by atoms with Crippen LogP contribution in [0.1, 0.15) is 44.9 Å². The zero-order chi connectivity index (χ0) is 14.2. The number of amides is 2. The number of piperazine rings is 1. The zero-order valence-corrected chi connectivity index (χ0v) is 12.2. The summed E-state index contributed by atoms with van der Waals surface area (Å²) < 4.78 is 5.08. The molecule has 1 N–H and O–H groups in total. The molecule has 3 rings (SSSR count). The Bertz CT molecular complexity index is 400. The Balaban J connectivity index is 1.78. The molecule has 2 amide bonds. The van der Waals surface area contributed by atoms with E-state index < -0.39 is 5.54 Å². The molecule has 5 nitrogen and oxygen atoms in total. The second kappa shape index (κ2) is 5.35. The van der Waals surface area contributed by atoms with Crippen LogP contribution in [0.15, 0.2) is 0 Å². The number of hydrogen-bond donors (Lipinski definition) is 1. The molecular weight excluding hydrogens is 256 g/mol. The molecule has 1 aliphatic heterocycles. The topological polar surface area (TPSA) is 58.6 Å². The Kier molecular flexibility index (Phi) is 3.71. The minimum Gasteiger partial charge on any atom is -0.385 e. The first kappa shape index (κ1) is 13.9. The van der Waals surface area contributed by atoms with E-state index in [1.807, 2.05) is 4.90 Å². The van der Waals surface area contributed by atoms with Crippen molar-refractivity contribution in [2.45, 2.75) is 56.5 Å². The SMILES string of the molecule is COCCCN1C(=O)C2(CCCC2)NC(=O)C1C1CC1. The number of nitrogens with one attached hydrogen (secondary N) is 1. The fourth-order valence-electron chi connectivity index (χ4n) is 3.72. The Hall–Kier alpha value is -1.10. The maximum absolute atomic E-state index is 12.9. The number of hydrogen-bond acceptors (Lipinski definition) is 3. The minimum absolute atomic E-state index is 0.0754. The second-order valence-corrected chi connectivity index (χ2v) is 6.41. The van der Waals surface area contributed by atoms with Crippen LogP contribution in [-0.2, 0) is 14.3 Å². The van der Waals surface area contributed by atoms with Crippen molar-refractivity contribution < 1.29 is 14.3 Å². The normalized spacial score (nSPS) is 29.1.